The molecule has 0 aromatic heterocycles. The van der Waals surface area contributed by atoms with Gasteiger partial charge in [0, 0.05) is 50.4 Å². The molecule has 134 valence electrons. The summed E-state index contributed by atoms with van der Waals surface area (Å²) >= 11 is 0. The quantitative estimate of drug-likeness (QED) is 0.330. The minimum absolute atomic E-state index is 0.117. The van der Waals surface area contributed by atoms with Crippen molar-refractivity contribution in [3.05, 3.63) is 39.9 Å². The maximum absolute atomic E-state index is 11.0. The number of benzene rings is 1. The summed E-state index contributed by atoms with van der Waals surface area (Å²) in [5.74, 6) is 0.639. The van der Waals surface area contributed by atoms with Crippen LogP contribution in [0.15, 0.2) is 29.3 Å². The molecule has 0 spiro atoms. The smallest absolute Gasteiger partial charge is 0.274 e. The largest absolute Gasteiger partial charge is 0.355 e. The van der Waals surface area contributed by atoms with E-state index in [4.69, 9.17) is 0 Å². The molecule has 0 aliphatic carbocycles. The van der Waals surface area contributed by atoms with Crippen molar-refractivity contribution in [3.8, 4) is 0 Å². The van der Waals surface area contributed by atoms with Crippen LogP contribution >= 0.6 is 0 Å². The summed E-state index contributed by atoms with van der Waals surface area (Å²) in [6.45, 7) is 10.7. The van der Waals surface area contributed by atoms with Gasteiger partial charge in [0.1, 0.15) is 0 Å². The van der Waals surface area contributed by atoms with Gasteiger partial charge in [-0.2, -0.15) is 0 Å². The number of aliphatic imine (C=N–C) groups is 1. The van der Waals surface area contributed by atoms with Crippen LogP contribution in [0.2, 0.25) is 0 Å². The lowest BCUT2D eigenvalue weighted by atomic mass is 10.2. The van der Waals surface area contributed by atoms with E-state index in [1.165, 1.54) is 6.07 Å². The van der Waals surface area contributed by atoms with Gasteiger partial charge in [0.05, 0.1) is 4.92 Å². The first-order valence-electron chi connectivity index (χ1n) is 8.29. The van der Waals surface area contributed by atoms with E-state index in [0.717, 1.165) is 13.1 Å². The number of nitrogens with one attached hydrogen (secondary N) is 2. The van der Waals surface area contributed by atoms with Gasteiger partial charge in [-0.05, 0) is 27.7 Å². The third kappa shape index (κ3) is 6.16. The van der Waals surface area contributed by atoms with Gasteiger partial charge >= 0.3 is 0 Å². The molecule has 0 aliphatic heterocycles. The topological polar surface area (TPSA) is 82.8 Å². The van der Waals surface area contributed by atoms with Crippen molar-refractivity contribution >= 4 is 11.6 Å². The molecule has 0 heterocycles. The average molecular weight is 335 g/mol. The van der Waals surface area contributed by atoms with Crippen LogP contribution in [-0.2, 0) is 6.54 Å². The number of nitro benzene ring substituents is 1. The van der Waals surface area contributed by atoms with Gasteiger partial charge in [-0.15, -0.1) is 0 Å². The van der Waals surface area contributed by atoms with Gasteiger partial charge in [0.15, 0.2) is 5.96 Å². The van der Waals surface area contributed by atoms with Gasteiger partial charge in [0.2, 0.25) is 0 Å². The monoisotopic (exact) mass is 335 g/mol. The number of rotatable bonds is 8. The minimum atomic E-state index is -0.365. The Kier molecular flexibility index (Phi) is 8.18. The summed E-state index contributed by atoms with van der Waals surface area (Å²) < 4.78 is 0. The van der Waals surface area contributed by atoms with E-state index >= 15 is 0 Å². The van der Waals surface area contributed by atoms with Crippen LogP contribution in [0.1, 0.15) is 33.3 Å². The van der Waals surface area contributed by atoms with E-state index in [0.29, 0.717) is 30.2 Å². The summed E-state index contributed by atoms with van der Waals surface area (Å²) in [6, 6.07) is 7.68. The highest BCUT2D eigenvalue weighted by Gasteiger charge is 2.14. The highest BCUT2D eigenvalue weighted by atomic mass is 16.6. The molecular weight excluding hydrogens is 306 g/mol. The lowest BCUT2D eigenvalue weighted by Gasteiger charge is -2.30. The van der Waals surface area contributed by atoms with Crippen LogP contribution in [0.25, 0.3) is 0 Å². The average Bonchev–Trinajstić information content (AvgIpc) is 2.53. The maximum atomic E-state index is 11.0. The number of hydrogen-bond acceptors (Lipinski definition) is 4. The predicted molar refractivity (Wildman–Crippen MR) is 98.3 cm³/mol. The molecule has 1 rings (SSSR count). The van der Waals surface area contributed by atoms with Crippen LogP contribution in [0.3, 0.4) is 0 Å². The van der Waals surface area contributed by atoms with Crippen molar-refractivity contribution in [1.29, 1.82) is 0 Å². The fraction of sp³-hybridized carbons (Fsp3) is 0.588. The molecule has 0 fully saturated rings. The Hall–Kier alpha value is -2.15. The van der Waals surface area contributed by atoms with Crippen molar-refractivity contribution in [3.63, 3.8) is 0 Å². The van der Waals surface area contributed by atoms with E-state index in [9.17, 15) is 10.1 Å². The highest BCUT2D eigenvalue weighted by molar-refractivity contribution is 5.79. The van der Waals surface area contributed by atoms with Crippen LogP contribution in [0.4, 0.5) is 5.69 Å². The molecule has 24 heavy (non-hydrogen) atoms. The summed E-state index contributed by atoms with van der Waals surface area (Å²) in [4.78, 5) is 17.2. The van der Waals surface area contributed by atoms with Gasteiger partial charge < -0.3 is 10.6 Å². The molecule has 1 aromatic rings. The molecular formula is C17H29N5O2. The van der Waals surface area contributed by atoms with E-state index in [1.807, 2.05) is 0 Å². The molecule has 2 N–H and O–H groups in total. The molecule has 0 saturated carbocycles. The molecule has 7 nitrogen and oxygen atoms in total. The summed E-state index contributed by atoms with van der Waals surface area (Å²) in [7, 11) is 1.69. The van der Waals surface area contributed by atoms with Crippen LogP contribution in [0, 0.1) is 10.1 Å². The van der Waals surface area contributed by atoms with Crippen molar-refractivity contribution in [2.45, 2.75) is 46.3 Å². The Morgan fingerprint density at radius 3 is 2.38 bits per heavy atom. The first-order valence-corrected chi connectivity index (χ1v) is 8.29. The van der Waals surface area contributed by atoms with Gasteiger partial charge in [-0.3, -0.25) is 20.0 Å². The van der Waals surface area contributed by atoms with Crippen LogP contribution < -0.4 is 10.6 Å². The molecule has 0 aliphatic rings. The third-order valence-electron chi connectivity index (χ3n) is 3.85. The molecule has 0 amide bonds. The second-order valence-corrected chi connectivity index (χ2v) is 6.16. The lowest BCUT2D eigenvalue weighted by Crippen LogP contribution is -2.45. The summed E-state index contributed by atoms with van der Waals surface area (Å²) in [5.41, 5.74) is 0.752. The Labute approximate surface area is 144 Å². The van der Waals surface area contributed by atoms with Crippen LogP contribution in [0.5, 0.6) is 0 Å². The van der Waals surface area contributed by atoms with Gasteiger partial charge in [0.25, 0.3) is 5.69 Å². The molecule has 0 unspecified atom stereocenters. The van der Waals surface area contributed by atoms with E-state index in [-0.39, 0.29) is 10.6 Å². The van der Waals surface area contributed by atoms with E-state index in [1.54, 1.807) is 25.2 Å². The predicted octanol–water partition coefficient (Wildman–Crippen LogP) is 2.38. The zero-order chi connectivity index (χ0) is 18.1. The second kappa shape index (κ2) is 9.87. The number of hydrogen-bond donors (Lipinski definition) is 2. The summed E-state index contributed by atoms with van der Waals surface area (Å²) in [5, 5.41) is 17.4. The SMILES string of the molecule is CN=C(NCCN(C(C)C)C(C)C)NCc1ccccc1[N+](=O)[O-]. The number of nitrogens with zero attached hydrogens (tertiary/aromatic N) is 3. The number of guanidine groups is 1. The Bertz CT molecular complexity index is 550. The molecule has 0 bridgehead atoms. The first-order chi connectivity index (χ1) is 11.4. The van der Waals surface area contributed by atoms with Crippen molar-refractivity contribution < 1.29 is 4.92 Å². The standard InChI is InChI=1S/C17H29N5O2/c1-13(2)21(14(3)4)11-10-19-17(18-5)20-12-15-8-6-7-9-16(15)22(23)24/h6-9,13-14H,10-12H2,1-5H3,(H2,18,19,20). The molecule has 1 aromatic carbocycles. The lowest BCUT2D eigenvalue weighted by molar-refractivity contribution is -0.385. The highest BCUT2D eigenvalue weighted by Crippen LogP contribution is 2.16. The molecule has 0 atom stereocenters. The number of nitro groups is 1. The minimum Gasteiger partial charge on any atom is -0.355 e. The van der Waals surface area contributed by atoms with E-state index in [2.05, 4.69) is 48.2 Å². The van der Waals surface area contributed by atoms with Crippen molar-refractivity contribution in [1.82, 2.24) is 15.5 Å². The Morgan fingerprint density at radius 2 is 1.83 bits per heavy atom. The molecule has 0 radical (unpaired) electrons. The fourth-order valence-corrected chi connectivity index (χ4v) is 2.65. The Morgan fingerprint density at radius 1 is 1.21 bits per heavy atom. The number of para-hydroxylation sites is 1. The third-order valence-corrected chi connectivity index (χ3v) is 3.85. The zero-order valence-corrected chi connectivity index (χ0v) is 15.2. The molecule has 7 heteroatoms. The zero-order valence-electron chi connectivity index (χ0n) is 15.2. The second-order valence-electron chi connectivity index (χ2n) is 6.16. The first kappa shape index (κ1) is 19.9. The van der Waals surface area contributed by atoms with Crippen molar-refractivity contribution in [2.24, 2.45) is 4.99 Å². The fourth-order valence-electron chi connectivity index (χ4n) is 2.65. The van der Waals surface area contributed by atoms with E-state index < -0.39 is 0 Å². The van der Waals surface area contributed by atoms with Gasteiger partial charge in [-0.1, -0.05) is 18.2 Å². The maximum Gasteiger partial charge on any atom is 0.274 e. The van der Waals surface area contributed by atoms with Crippen molar-refractivity contribution in [2.75, 3.05) is 20.1 Å². The Balaban J connectivity index is 2.53. The van der Waals surface area contributed by atoms with Crippen LogP contribution in [-0.4, -0.2) is 48.0 Å². The molecule has 0 saturated heterocycles. The summed E-state index contributed by atoms with van der Waals surface area (Å²) in [6.07, 6.45) is 0. The van der Waals surface area contributed by atoms with Gasteiger partial charge in [-0.25, -0.2) is 0 Å². The normalized spacial score (nSPS) is 12.1.